The zero-order valence-electron chi connectivity index (χ0n) is 8.77. The van der Waals surface area contributed by atoms with Crippen molar-refractivity contribution < 1.29 is 8.78 Å². The van der Waals surface area contributed by atoms with E-state index in [0.717, 1.165) is 25.3 Å². The zero-order chi connectivity index (χ0) is 11.3. The molecule has 0 aliphatic heterocycles. The van der Waals surface area contributed by atoms with Gasteiger partial charge in [-0.15, -0.1) is 11.6 Å². The van der Waals surface area contributed by atoms with Gasteiger partial charge in [-0.2, -0.15) is 0 Å². The first-order valence-corrected chi connectivity index (χ1v) is 5.64. The summed E-state index contributed by atoms with van der Waals surface area (Å²) < 4.78 is 25.6. The van der Waals surface area contributed by atoms with Gasteiger partial charge in [-0.25, -0.2) is 8.78 Å². The van der Waals surface area contributed by atoms with Crippen LogP contribution >= 0.6 is 11.6 Å². The first kappa shape index (κ1) is 12.4. The number of alkyl halides is 1. The summed E-state index contributed by atoms with van der Waals surface area (Å²) in [7, 11) is 0. The van der Waals surface area contributed by atoms with Crippen molar-refractivity contribution >= 4 is 11.6 Å². The van der Waals surface area contributed by atoms with Crippen LogP contribution in [0.4, 0.5) is 8.78 Å². The molecular weight excluding hydrogens is 218 g/mol. The van der Waals surface area contributed by atoms with Crippen molar-refractivity contribution in [3.63, 3.8) is 0 Å². The van der Waals surface area contributed by atoms with Crippen molar-refractivity contribution in [1.29, 1.82) is 0 Å². The van der Waals surface area contributed by atoms with Crippen molar-refractivity contribution in [2.24, 2.45) is 0 Å². The van der Waals surface area contributed by atoms with Gasteiger partial charge in [0.05, 0.1) is 0 Å². The second-order valence-electron chi connectivity index (χ2n) is 3.68. The molecule has 0 saturated heterocycles. The molecule has 0 aliphatic rings. The second kappa shape index (κ2) is 6.06. The lowest BCUT2D eigenvalue weighted by molar-refractivity contribution is 0.577. The number of halogens is 3. The van der Waals surface area contributed by atoms with Gasteiger partial charge in [-0.1, -0.05) is 6.92 Å². The molecule has 1 unspecified atom stereocenters. The summed E-state index contributed by atoms with van der Waals surface area (Å²) in [6.07, 6.45) is 3.36. The fourth-order valence-corrected chi connectivity index (χ4v) is 1.64. The largest absolute Gasteiger partial charge is 0.207 e. The van der Waals surface area contributed by atoms with E-state index in [1.54, 1.807) is 0 Å². The van der Waals surface area contributed by atoms with Crippen LogP contribution in [0.15, 0.2) is 18.2 Å². The van der Waals surface area contributed by atoms with Crippen LogP contribution < -0.4 is 0 Å². The van der Waals surface area contributed by atoms with E-state index in [0.29, 0.717) is 12.0 Å². The second-order valence-corrected chi connectivity index (χ2v) is 4.29. The molecule has 0 fully saturated rings. The zero-order valence-corrected chi connectivity index (χ0v) is 9.53. The lowest BCUT2D eigenvalue weighted by atomic mass is 10.1. The Bertz CT molecular complexity index is 292. The average molecular weight is 233 g/mol. The summed E-state index contributed by atoms with van der Waals surface area (Å²) in [5.74, 6) is -1.02. The maximum absolute atomic E-state index is 12.8. The Hall–Kier alpha value is -0.630. The van der Waals surface area contributed by atoms with Crippen molar-refractivity contribution in [3.05, 3.63) is 35.4 Å². The molecule has 1 rings (SSSR count). The van der Waals surface area contributed by atoms with Gasteiger partial charge in [0.25, 0.3) is 0 Å². The molecule has 0 bridgehead atoms. The van der Waals surface area contributed by atoms with Crippen LogP contribution in [-0.2, 0) is 6.42 Å². The van der Waals surface area contributed by atoms with E-state index in [-0.39, 0.29) is 5.38 Å². The Morgan fingerprint density at radius 3 is 2.33 bits per heavy atom. The molecule has 0 radical (unpaired) electrons. The molecule has 1 aromatic carbocycles. The molecule has 0 aromatic heterocycles. The Kier molecular flexibility index (Phi) is 5.03. The predicted octanol–water partition coefficient (Wildman–Crippen LogP) is 4.30. The molecule has 0 N–H and O–H groups in total. The van der Waals surface area contributed by atoms with Gasteiger partial charge < -0.3 is 0 Å². The SMILES string of the molecule is CCC(Cl)CCCc1cc(F)cc(F)c1. The summed E-state index contributed by atoms with van der Waals surface area (Å²) in [5, 5.41) is 0.170. The van der Waals surface area contributed by atoms with Crippen molar-refractivity contribution in [2.75, 3.05) is 0 Å². The molecule has 0 aliphatic carbocycles. The highest BCUT2D eigenvalue weighted by atomic mass is 35.5. The van der Waals surface area contributed by atoms with Crippen LogP contribution in [0.2, 0.25) is 0 Å². The minimum absolute atomic E-state index is 0.170. The molecule has 15 heavy (non-hydrogen) atoms. The Morgan fingerprint density at radius 1 is 1.20 bits per heavy atom. The summed E-state index contributed by atoms with van der Waals surface area (Å²) in [6.45, 7) is 2.03. The van der Waals surface area contributed by atoms with E-state index < -0.39 is 11.6 Å². The maximum atomic E-state index is 12.8. The third-order valence-electron chi connectivity index (χ3n) is 2.35. The van der Waals surface area contributed by atoms with Gasteiger partial charge >= 0.3 is 0 Å². The summed E-state index contributed by atoms with van der Waals surface area (Å²) >= 11 is 5.95. The van der Waals surface area contributed by atoms with Crippen molar-refractivity contribution in [1.82, 2.24) is 0 Å². The van der Waals surface area contributed by atoms with E-state index in [1.807, 2.05) is 6.92 Å². The number of benzene rings is 1. The standard InChI is InChI=1S/C12H15ClF2/c1-2-10(13)5-3-4-9-6-11(14)8-12(15)7-9/h6-8,10H,2-5H2,1H3. The minimum atomic E-state index is -0.511. The molecule has 1 aromatic rings. The molecule has 3 heteroatoms. The molecule has 0 spiro atoms. The van der Waals surface area contributed by atoms with Crippen molar-refractivity contribution in [3.8, 4) is 0 Å². The van der Waals surface area contributed by atoms with Gasteiger partial charge in [0.15, 0.2) is 0 Å². The number of hydrogen-bond acceptors (Lipinski definition) is 0. The molecular formula is C12H15ClF2. The third-order valence-corrected chi connectivity index (χ3v) is 2.87. The monoisotopic (exact) mass is 232 g/mol. The lowest BCUT2D eigenvalue weighted by Gasteiger charge is -2.06. The fraction of sp³-hybridized carbons (Fsp3) is 0.500. The van der Waals surface area contributed by atoms with E-state index in [1.165, 1.54) is 12.1 Å². The summed E-state index contributed by atoms with van der Waals surface area (Å²) in [5.41, 5.74) is 0.701. The van der Waals surface area contributed by atoms with Gasteiger partial charge in [-0.05, 0) is 43.4 Å². The van der Waals surface area contributed by atoms with Crippen LogP contribution in [0.3, 0.4) is 0 Å². The Morgan fingerprint density at radius 2 is 1.80 bits per heavy atom. The number of aryl methyl sites for hydroxylation is 1. The summed E-state index contributed by atoms with van der Waals surface area (Å²) in [4.78, 5) is 0. The van der Waals surface area contributed by atoms with Crippen LogP contribution in [0.5, 0.6) is 0 Å². The number of hydrogen-bond donors (Lipinski definition) is 0. The molecule has 0 saturated carbocycles. The molecule has 1 atom stereocenters. The van der Waals surface area contributed by atoms with E-state index in [9.17, 15) is 8.78 Å². The normalized spacial score (nSPS) is 12.8. The lowest BCUT2D eigenvalue weighted by Crippen LogP contribution is -1.97. The highest BCUT2D eigenvalue weighted by Crippen LogP contribution is 2.14. The number of rotatable bonds is 5. The van der Waals surface area contributed by atoms with Crippen LogP contribution in [-0.4, -0.2) is 5.38 Å². The average Bonchev–Trinajstić information content (AvgIpc) is 2.16. The van der Waals surface area contributed by atoms with Crippen molar-refractivity contribution in [2.45, 2.75) is 38.0 Å². The Balaban J connectivity index is 2.43. The van der Waals surface area contributed by atoms with Gasteiger partial charge in [0.2, 0.25) is 0 Å². The minimum Gasteiger partial charge on any atom is -0.207 e. The highest BCUT2D eigenvalue weighted by Gasteiger charge is 2.03. The van der Waals surface area contributed by atoms with E-state index >= 15 is 0 Å². The van der Waals surface area contributed by atoms with Gasteiger partial charge in [0, 0.05) is 11.4 Å². The summed E-state index contributed by atoms with van der Waals surface area (Å²) in [6, 6.07) is 3.64. The topological polar surface area (TPSA) is 0 Å². The Labute approximate surface area is 94.3 Å². The van der Waals surface area contributed by atoms with Gasteiger partial charge in [0.1, 0.15) is 11.6 Å². The van der Waals surface area contributed by atoms with Crippen LogP contribution in [0, 0.1) is 11.6 Å². The quantitative estimate of drug-likeness (QED) is 0.664. The molecule has 0 heterocycles. The van der Waals surface area contributed by atoms with E-state index in [4.69, 9.17) is 11.6 Å². The first-order valence-electron chi connectivity index (χ1n) is 5.21. The van der Waals surface area contributed by atoms with E-state index in [2.05, 4.69) is 0 Å². The molecule has 0 nitrogen and oxygen atoms in total. The predicted molar refractivity (Wildman–Crippen MR) is 59.2 cm³/mol. The van der Waals surface area contributed by atoms with Gasteiger partial charge in [-0.3, -0.25) is 0 Å². The molecule has 84 valence electrons. The highest BCUT2D eigenvalue weighted by molar-refractivity contribution is 6.20. The molecule has 0 amide bonds. The first-order chi connectivity index (χ1) is 7.11. The van der Waals surface area contributed by atoms with Crippen LogP contribution in [0.25, 0.3) is 0 Å². The fourth-order valence-electron chi connectivity index (χ4n) is 1.49. The smallest absolute Gasteiger partial charge is 0.126 e. The van der Waals surface area contributed by atoms with Crippen LogP contribution in [0.1, 0.15) is 31.7 Å². The third kappa shape index (κ3) is 4.61. The maximum Gasteiger partial charge on any atom is 0.126 e.